The summed E-state index contributed by atoms with van der Waals surface area (Å²) in [5.41, 5.74) is 5.96. The van der Waals surface area contributed by atoms with Crippen LogP contribution in [0.4, 0.5) is 0 Å². The van der Waals surface area contributed by atoms with Crippen LogP contribution < -0.4 is 5.56 Å². The zero-order chi connectivity index (χ0) is 19.1. The van der Waals surface area contributed by atoms with Crippen LogP contribution in [0.15, 0.2) is 53.3 Å². The molecule has 2 N–H and O–H groups in total. The van der Waals surface area contributed by atoms with Gasteiger partial charge in [-0.05, 0) is 80.2 Å². The van der Waals surface area contributed by atoms with Gasteiger partial charge in [0.25, 0.3) is 5.56 Å². The lowest BCUT2D eigenvalue weighted by Crippen LogP contribution is -2.28. The maximum Gasteiger partial charge on any atom is 0.257 e. The summed E-state index contributed by atoms with van der Waals surface area (Å²) in [7, 11) is 0. The molecule has 2 aromatic carbocycles. The van der Waals surface area contributed by atoms with Crippen molar-refractivity contribution in [2.45, 2.75) is 32.7 Å². The standard InChI is InChI=1S/C24H25N3O/c1-16-5-7-22-18(11-16)13-20(24(28)26-22)23-14-19-12-17(6-8-21(19)25-23)15-27-9-3-2-4-10-27/h5-8,11-14,25H,2-4,9-10,15H2,1H3,(H,26,28). The van der Waals surface area contributed by atoms with E-state index in [9.17, 15) is 4.79 Å². The molecule has 4 heteroatoms. The molecule has 3 heterocycles. The first kappa shape index (κ1) is 17.3. The van der Waals surface area contributed by atoms with Crippen LogP contribution >= 0.6 is 0 Å². The van der Waals surface area contributed by atoms with Crippen molar-refractivity contribution in [3.8, 4) is 11.3 Å². The molecule has 0 bridgehead atoms. The molecular weight excluding hydrogens is 346 g/mol. The van der Waals surface area contributed by atoms with Gasteiger partial charge < -0.3 is 9.97 Å². The number of aromatic amines is 2. The molecule has 0 radical (unpaired) electrons. The van der Waals surface area contributed by atoms with Crippen molar-refractivity contribution in [3.63, 3.8) is 0 Å². The zero-order valence-corrected chi connectivity index (χ0v) is 16.2. The van der Waals surface area contributed by atoms with Gasteiger partial charge in [-0.2, -0.15) is 0 Å². The highest BCUT2D eigenvalue weighted by atomic mass is 16.1. The Morgan fingerprint density at radius 2 is 1.61 bits per heavy atom. The molecule has 1 fully saturated rings. The Labute approximate surface area is 164 Å². The quantitative estimate of drug-likeness (QED) is 0.534. The molecule has 0 aliphatic carbocycles. The van der Waals surface area contributed by atoms with Crippen molar-refractivity contribution in [3.05, 3.63) is 70.0 Å². The van der Waals surface area contributed by atoms with E-state index in [2.05, 4.69) is 52.1 Å². The van der Waals surface area contributed by atoms with Gasteiger partial charge >= 0.3 is 0 Å². The van der Waals surface area contributed by atoms with Crippen molar-refractivity contribution in [2.75, 3.05) is 13.1 Å². The fourth-order valence-corrected chi connectivity index (χ4v) is 4.33. The first-order chi connectivity index (χ1) is 13.7. The van der Waals surface area contributed by atoms with Crippen molar-refractivity contribution in [2.24, 2.45) is 0 Å². The van der Waals surface area contributed by atoms with E-state index < -0.39 is 0 Å². The summed E-state index contributed by atoms with van der Waals surface area (Å²) in [6.45, 7) is 5.47. The highest BCUT2D eigenvalue weighted by Crippen LogP contribution is 2.26. The Morgan fingerprint density at radius 1 is 0.857 bits per heavy atom. The molecule has 1 saturated heterocycles. The summed E-state index contributed by atoms with van der Waals surface area (Å²) in [6.07, 6.45) is 3.97. The average Bonchev–Trinajstić information content (AvgIpc) is 3.11. The van der Waals surface area contributed by atoms with E-state index in [-0.39, 0.29) is 5.56 Å². The van der Waals surface area contributed by atoms with Crippen LogP contribution in [0.3, 0.4) is 0 Å². The molecule has 0 spiro atoms. The Morgan fingerprint density at radius 3 is 2.46 bits per heavy atom. The number of nitrogens with one attached hydrogen (secondary N) is 2. The maximum absolute atomic E-state index is 12.6. The fraction of sp³-hybridized carbons (Fsp3) is 0.292. The molecule has 0 saturated carbocycles. The predicted octanol–water partition coefficient (Wildman–Crippen LogP) is 4.97. The van der Waals surface area contributed by atoms with Gasteiger partial charge in [0.15, 0.2) is 0 Å². The number of aromatic nitrogens is 2. The number of likely N-dealkylation sites (tertiary alicyclic amines) is 1. The van der Waals surface area contributed by atoms with E-state index >= 15 is 0 Å². The number of rotatable bonds is 3. The topological polar surface area (TPSA) is 51.9 Å². The van der Waals surface area contributed by atoms with E-state index in [4.69, 9.17) is 0 Å². The number of hydrogen-bond acceptors (Lipinski definition) is 2. The van der Waals surface area contributed by atoms with Crippen LogP contribution in [0.2, 0.25) is 0 Å². The minimum atomic E-state index is -0.0588. The molecule has 4 nitrogen and oxygen atoms in total. The van der Waals surface area contributed by atoms with Crippen LogP contribution in [0.1, 0.15) is 30.4 Å². The maximum atomic E-state index is 12.6. The highest BCUT2D eigenvalue weighted by molar-refractivity contribution is 5.89. The first-order valence-corrected chi connectivity index (χ1v) is 10.1. The van der Waals surface area contributed by atoms with Gasteiger partial charge in [0.1, 0.15) is 0 Å². The largest absolute Gasteiger partial charge is 0.354 e. The summed E-state index contributed by atoms with van der Waals surface area (Å²) < 4.78 is 0. The smallest absolute Gasteiger partial charge is 0.257 e. The highest BCUT2D eigenvalue weighted by Gasteiger charge is 2.12. The fourth-order valence-electron chi connectivity index (χ4n) is 4.33. The van der Waals surface area contributed by atoms with Gasteiger partial charge in [0.05, 0.1) is 11.3 Å². The van der Waals surface area contributed by atoms with Crippen LogP contribution in [-0.4, -0.2) is 28.0 Å². The second-order valence-electron chi connectivity index (χ2n) is 8.04. The van der Waals surface area contributed by atoms with Crippen molar-refractivity contribution >= 4 is 21.8 Å². The van der Waals surface area contributed by atoms with Crippen molar-refractivity contribution in [1.82, 2.24) is 14.9 Å². The average molecular weight is 371 g/mol. The van der Waals surface area contributed by atoms with E-state index in [1.165, 1.54) is 43.5 Å². The number of hydrogen-bond donors (Lipinski definition) is 2. The monoisotopic (exact) mass is 371 g/mol. The van der Waals surface area contributed by atoms with E-state index in [1.807, 2.05) is 18.2 Å². The van der Waals surface area contributed by atoms with E-state index in [0.717, 1.165) is 34.0 Å². The van der Waals surface area contributed by atoms with Gasteiger partial charge in [-0.15, -0.1) is 0 Å². The zero-order valence-electron chi connectivity index (χ0n) is 16.2. The Kier molecular flexibility index (Phi) is 4.29. The number of H-pyrrole nitrogens is 2. The molecular formula is C24H25N3O. The number of pyridine rings is 1. The van der Waals surface area contributed by atoms with Crippen LogP contribution in [0.5, 0.6) is 0 Å². The van der Waals surface area contributed by atoms with Gasteiger partial charge in [-0.3, -0.25) is 9.69 Å². The van der Waals surface area contributed by atoms with Crippen molar-refractivity contribution < 1.29 is 0 Å². The van der Waals surface area contributed by atoms with E-state index in [0.29, 0.717) is 5.56 Å². The summed E-state index contributed by atoms with van der Waals surface area (Å²) in [5.74, 6) is 0. The number of fused-ring (bicyclic) bond motifs is 2. The molecule has 1 aliphatic heterocycles. The number of benzene rings is 2. The lowest BCUT2D eigenvalue weighted by atomic mass is 10.1. The summed E-state index contributed by atoms with van der Waals surface area (Å²) in [5, 5.41) is 2.22. The van der Waals surface area contributed by atoms with E-state index in [1.54, 1.807) is 0 Å². The molecule has 2 aromatic heterocycles. The van der Waals surface area contributed by atoms with Gasteiger partial charge in [-0.25, -0.2) is 0 Å². The van der Waals surface area contributed by atoms with Gasteiger partial charge in [-0.1, -0.05) is 24.1 Å². The lowest BCUT2D eigenvalue weighted by molar-refractivity contribution is 0.221. The normalized spacial score (nSPS) is 15.5. The molecule has 142 valence electrons. The molecule has 1 aliphatic rings. The molecule has 5 rings (SSSR count). The van der Waals surface area contributed by atoms with Crippen LogP contribution in [0, 0.1) is 6.92 Å². The summed E-state index contributed by atoms with van der Waals surface area (Å²) in [6, 6.07) is 16.8. The van der Waals surface area contributed by atoms with Crippen molar-refractivity contribution in [1.29, 1.82) is 0 Å². The first-order valence-electron chi connectivity index (χ1n) is 10.1. The third kappa shape index (κ3) is 3.25. The van der Waals surface area contributed by atoms with Gasteiger partial charge in [0, 0.05) is 23.0 Å². The number of nitrogens with zero attached hydrogens (tertiary/aromatic N) is 1. The van der Waals surface area contributed by atoms with Gasteiger partial charge in [0.2, 0.25) is 0 Å². The predicted molar refractivity (Wildman–Crippen MR) is 116 cm³/mol. The summed E-state index contributed by atoms with van der Waals surface area (Å²) in [4.78, 5) is 21.6. The summed E-state index contributed by atoms with van der Waals surface area (Å²) >= 11 is 0. The minimum absolute atomic E-state index is 0.0588. The number of piperidine rings is 1. The molecule has 0 unspecified atom stereocenters. The molecule has 0 atom stereocenters. The van der Waals surface area contributed by atoms with Crippen LogP contribution in [0.25, 0.3) is 33.1 Å². The molecule has 28 heavy (non-hydrogen) atoms. The SMILES string of the molecule is Cc1ccc2[nH]c(=O)c(-c3cc4cc(CN5CCCCC5)ccc4[nH]3)cc2c1. The molecule has 4 aromatic rings. The van der Waals surface area contributed by atoms with Crippen LogP contribution in [-0.2, 0) is 6.54 Å². The second kappa shape index (κ2) is 6.95. The molecule has 0 amide bonds. The third-order valence-electron chi connectivity index (χ3n) is 5.83. The lowest BCUT2D eigenvalue weighted by Gasteiger charge is -2.26. The third-order valence-corrected chi connectivity index (χ3v) is 5.83. The number of aryl methyl sites for hydroxylation is 1. The minimum Gasteiger partial charge on any atom is -0.354 e. The Balaban J connectivity index is 1.51. The Bertz CT molecular complexity index is 1210. The Hall–Kier alpha value is -2.85. The second-order valence-corrected chi connectivity index (χ2v) is 8.04.